The van der Waals surface area contributed by atoms with E-state index in [0.717, 1.165) is 36.8 Å². The lowest BCUT2D eigenvalue weighted by Gasteiger charge is -2.38. The Morgan fingerprint density at radius 3 is 2.68 bits per heavy atom. The molecule has 1 fully saturated rings. The van der Waals surface area contributed by atoms with Crippen molar-refractivity contribution in [1.82, 2.24) is 19.5 Å². The molecular formula is C27H38N4O5S. The molecule has 0 radical (unpaired) electrons. The third kappa shape index (κ3) is 6.25. The van der Waals surface area contributed by atoms with E-state index in [1.165, 1.54) is 10.7 Å². The number of nitrogens with zero attached hydrogens (tertiary/aromatic N) is 3. The van der Waals surface area contributed by atoms with Crippen molar-refractivity contribution >= 4 is 16.1 Å². The van der Waals surface area contributed by atoms with Crippen LogP contribution in [0.1, 0.15) is 46.0 Å². The van der Waals surface area contributed by atoms with E-state index >= 15 is 0 Å². The first-order chi connectivity index (χ1) is 17.7. The summed E-state index contributed by atoms with van der Waals surface area (Å²) in [5.41, 5.74) is 1.61. The van der Waals surface area contributed by atoms with Crippen LogP contribution in [-0.2, 0) is 10.0 Å². The van der Waals surface area contributed by atoms with Gasteiger partial charge in [0, 0.05) is 49.6 Å². The third-order valence-corrected chi connectivity index (χ3v) is 9.41. The van der Waals surface area contributed by atoms with E-state index in [0.29, 0.717) is 0 Å². The van der Waals surface area contributed by atoms with Crippen LogP contribution >= 0.6 is 0 Å². The van der Waals surface area contributed by atoms with Crippen LogP contribution in [0.5, 0.6) is 5.75 Å². The first-order valence-corrected chi connectivity index (χ1v) is 14.5. The topological polar surface area (TPSA) is 112 Å². The number of carbonyl (C=O) groups is 1. The number of urea groups is 1. The van der Waals surface area contributed by atoms with Gasteiger partial charge in [-0.2, -0.15) is 4.31 Å². The fraction of sp³-hybridized carbons (Fsp3) is 0.556. The van der Waals surface area contributed by atoms with Crippen LogP contribution in [0.2, 0.25) is 0 Å². The van der Waals surface area contributed by atoms with Crippen LogP contribution in [0.25, 0.3) is 11.1 Å². The van der Waals surface area contributed by atoms with E-state index in [2.05, 4.69) is 10.3 Å². The quantitative estimate of drug-likeness (QED) is 0.591. The molecule has 4 rings (SSSR count). The molecule has 2 aromatic rings. The van der Waals surface area contributed by atoms with Gasteiger partial charge in [0.1, 0.15) is 16.7 Å². The van der Waals surface area contributed by atoms with Gasteiger partial charge in [-0.15, -0.1) is 0 Å². The average Bonchev–Trinajstić information content (AvgIpc) is 2.91. The predicted molar refractivity (Wildman–Crippen MR) is 142 cm³/mol. The number of fused-ring (bicyclic) bond motifs is 1. The predicted octanol–water partition coefficient (Wildman–Crippen LogP) is 3.49. The van der Waals surface area contributed by atoms with E-state index < -0.39 is 22.2 Å². The molecule has 2 aliphatic rings. The molecule has 0 spiro atoms. The van der Waals surface area contributed by atoms with E-state index in [1.54, 1.807) is 49.5 Å². The minimum Gasteiger partial charge on any atom is -0.487 e. The summed E-state index contributed by atoms with van der Waals surface area (Å²) < 4.78 is 35.1. The van der Waals surface area contributed by atoms with Crippen molar-refractivity contribution in [3.05, 3.63) is 42.7 Å². The summed E-state index contributed by atoms with van der Waals surface area (Å²) >= 11 is 0. The second-order valence-corrected chi connectivity index (χ2v) is 12.2. The SMILES string of the molecule is C[C@H](CO)N1C[C@H](C)[C@@H](CN(C)C(=O)NC2CCCCC2)Oc2cc(-c3cccnc3)ccc2S1(=O)=O. The van der Waals surface area contributed by atoms with E-state index in [-0.39, 0.29) is 48.3 Å². The molecule has 9 nitrogen and oxygen atoms in total. The molecule has 1 aromatic heterocycles. The van der Waals surface area contributed by atoms with Crippen LogP contribution < -0.4 is 10.1 Å². The zero-order valence-electron chi connectivity index (χ0n) is 21.8. The highest BCUT2D eigenvalue weighted by atomic mass is 32.2. The highest BCUT2D eigenvalue weighted by molar-refractivity contribution is 7.89. The minimum atomic E-state index is -3.93. The number of sulfonamides is 1. The van der Waals surface area contributed by atoms with Gasteiger partial charge in [0.2, 0.25) is 10.0 Å². The molecule has 0 saturated heterocycles. The number of likely N-dealkylation sites (N-methyl/N-ethyl adjacent to an activating group) is 1. The maximum atomic E-state index is 13.7. The van der Waals surface area contributed by atoms with E-state index in [9.17, 15) is 18.3 Å². The number of hydrogen-bond acceptors (Lipinski definition) is 6. The molecule has 2 N–H and O–H groups in total. The number of ether oxygens (including phenoxy) is 1. The highest BCUT2D eigenvalue weighted by Crippen LogP contribution is 2.36. The maximum absolute atomic E-state index is 13.7. The largest absolute Gasteiger partial charge is 0.487 e. The lowest BCUT2D eigenvalue weighted by molar-refractivity contribution is 0.0806. The molecule has 2 amide bonds. The maximum Gasteiger partial charge on any atom is 0.317 e. The normalized spacial score (nSPS) is 23.1. The standard InChI is InChI=1S/C27H38N4O5S/c1-19-16-31(20(2)18-32)37(34,35)26-12-11-21(22-8-7-13-28-15-22)14-24(26)36-25(19)17-30(3)27(33)29-23-9-5-4-6-10-23/h7-8,11-15,19-20,23,25,32H,4-6,9-10,16-18H2,1-3H3,(H,29,33)/t19-,20+,25+/m0/s1. The van der Waals surface area contributed by atoms with Crippen molar-refractivity contribution in [3.8, 4) is 16.9 Å². The monoisotopic (exact) mass is 530 g/mol. The van der Waals surface area contributed by atoms with Crippen LogP contribution in [0.15, 0.2) is 47.6 Å². The third-order valence-electron chi connectivity index (χ3n) is 7.40. The van der Waals surface area contributed by atoms with Gasteiger partial charge in [0.25, 0.3) is 0 Å². The Bertz CT molecular complexity index is 1170. The summed E-state index contributed by atoms with van der Waals surface area (Å²) in [5.74, 6) is -0.0157. The second kappa shape index (κ2) is 11.8. The van der Waals surface area contributed by atoms with Crippen LogP contribution in [0.4, 0.5) is 4.79 Å². The van der Waals surface area contributed by atoms with Gasteiger partial charge in [0.15, 0.2) is 0 Å². The number of nitrogens with one attached hydrogen (secondary N) is 1. The van der Waals surface area contributed by atoms with Gasteiger partial charge < -0.3 is 20.1 Å². The fourth-order valence-corrected chi connectivity index (χ4v) is 6.87. The number of carbonyl (C=O) groups excluding carboxylic acids is 1. The second-order valence-electron chi connectivity index (χ2n) is 10.3. The molecule has 37 heavy (non-hydrogen) atoms. The van der Waals surface area contributed by atoms with Crippen molar-refractivity contribution in [1.29, 1.82) is 0 Å². The van der Waals surface area contributed by atoms with E-state index in [4.69, 9.17) is 4.74 Å². The zero-order valence-corrected chi connectivity index (χ0v) is 22.7. The van der Waals surface area contributed by atoms with Crippen molar-refractivity contribution in [2.24, 2.45) is 5.92 Å². The van der Waals surface area contributed by atoms with Crippen molar-refractivity contribution < 1.29 is 23.1 Å². The summed E-state index contributed by atoms with van der Waals surface area (Å²) in [4.78, 5) is 18.8. The molecule has 2 heterocycles. The van der Waals surface area contributed by atoms with Crippen LogP contribution in [0, 0.1) is 5.92 Å². The Kier molecular flexibility index (Phi) is 8.71. The molecule has 1 saturated carbocycles. The Morgan fingerprint density at radius 2 is 2.00 bits per heavy atom. The van der Waals surface area contributed by atoms with Crippen molar-refractivity contribution in [2.75, 3.05) is 26.7 Å². The molecule has 10 heteroatoms. The fourth-order valence-electron chi connectivity index (χ4n) is 5.04. The lowest BCUT2D eigenvalue weighted by atomic mass is 9.96. The number of aliphatic hydroxyl groups is 1. The Hall–Kier alpha value is -2.69. The number of pyridine rings is 1. The number of amides is 2. The summed E-state index contributed by atoms with van der Waals surface area (Å²) in [6.45, 7) is 3.76. The van der Waals surface area contributed by atoms with Crippen LogP contribution in [0.3, 0.4) is 0 Å². The Morgan fingerprint density at radius 1 is 1.24 bits per heavy atom. The summed E-state index contributed by atoms with van der Waals surface area (Å²) in [5, 5.41) is 13.0. The number of rotatable bonds is 6. The van der Waals surface area contributed by atoms with Gasteiger partial charge in [-0.05, 0) is 43.5 Å². The molecule has 1 aromatic carbocycles. The van der Waals surface area contributed by atoms with Crippen molar-refractivity contribution in [2.45, 2.75) is 69.0 Å². The molecule has 202 valence electrons. The molecule has 1 aliphatic carbocycles. The summed E-state index contributed by atoms with van der Waals surface area (Å²) in [6, 6.07) is 8.16. The van der Waals surface area contributed by atoms with Crippen LogP contribution in [-0.4, -0.2) is 78.7 Å². The number of hydrogen-bond donors (Lipinski definition) is 2. The first-order valence-electron chi connectivity index (χ1n) is 13.1. The Labute approximate surface area is 219 Å². The zero-order chi connectivity index (χ0) is 26.6. The minimum absolute atomic E-state index is 0.0478. The molecule has 0 unspecified atom stereocenters. The molecule has 3 atom stereocenters. The lowest BCUT2D eigenvalue weighted by Crippen LogP contribution is -2.52. The first kappa shape index (κ1) is 27.3. The van der Waals surface area contributed by atoms with Crippen molar-refractivity contribution in [3.63, 3.8) is 0 Å². The van der Waals surface area contributed by atoms with E-state index in [1.807, 2.05) is 19.1 Å². The van der Waals surface area contributed by atoms with Gasteiger partial charge in [-0.1, -0.05) is 38.3 Å². The van der Waals surface area contributed by atoms with Gasteiger partial charge >= 0.3 is 6.03 Å². The van der Waals surface area contributed by atoms with Gasteiger partial charge in [0.05, 0.1) is 13.2 Å². The summed E-state index contributed by atoms with van der Waals surface area (Å²) in [7, 11) is -2.19. The highest BCUT2D eigenvalue weighted by Gasteiger charge is 2.38. The smallest absolute Gasteiger partial charge is 0.317 e. The summed E-state index contributed by atoms with van der Waals surface area (Å²) in [6.07, 6.45) is 8.37. The number of aliphatic hydroxyl groups excluding tert-OH is 1. The van der Waals surface area contributed by atoms with Gasteiger partial charge in [-0.3, -0.25) is 4.98 Å². The Balaban J connectivity index is 1.65. The number of benzene rings is 1. The molecule has 1 aliphatic heterocycles. The van der Waals surface area contributed by atoms with Gasteiger partial charge in [-0.25, -0.2) is 13.2 Å². The molecular weight excluding hydrogens is 492 g/mol. The molecule has 0 bridgehead atoms. The average molecular weight is 531 g/mol. The number of aromatic nitrogens is 1.